The minimum Gasteiger partial charge on any atom is -0.350 e. The third kappa shape index (κ3) is 6.09. The Bertz CT molecular complexity index is 982. The van der Waals surface area contributed by atoms with Crippen molar-refractivity contribution in [2.75, 3.05) is 11.9 Å². The summed E-state index contributed by atoms with van der Waals surface area (Å²) in [6.45, 7) is 14.8. The topological polar surface area (TPSA) is 91.4 Å². The van der Waals surface area contributed by atoms with Crippen molar-refractivity contribution in [2.24, 2.45) is 11.3 Å². The van der Waals surface area contributed by atoms with E-state index in [4.69, 9.17) is 0 Å². The number of nitrogens with one attached hydrogen (secondary N) is 2. The van der Waals surface area contributed by atoms with Crippen LogP contribution in [-0.4, -0.2) is 46.2 Å². The van der Waals surface area contributed by atoms with Gasteiger partial charge in [0.25, 0.3) is 0 Å². The molecular formula is C26H36N4O3. The molecule has 3 atom stereocenters. The number of aromatic nitrogens is 1. The maximum absolute atomic E-state index is 13.2. The van der Waals surface area contributed by atoms with Crippen molar-refractivity contribution in [2.45, 2.75) is 72.4 Å². The van der Waals surface area contributed by atoms with Crippen LogP contribution in [0.1, 0.15) is 57.7 Å². The number of aryl methyl sites for hydroxylation is 2. The maximum atomic E-state index is 13.2. The van der Waals surface area contributed by atoms with Gasteiger partial charge in [-0.3, -0.25) is 19.4 Å². The van der Waals surface area contributed by atoms with Crippen LogP contribution in [0.3, 0.4) is 0 Å². The molecule has 2 aliphatic rings. The van der Waals surface area contributed by atoms with Crippen molar-refractivity contribution >= 4 is 23.4 Å². The first-order valence-corrected chi connectivity index (χ1v) is 11.7. The van der Waals surface area contributed by atoms with Gasteiger partial charge in [0.2, 0.25) is 5.91 Å². The first-order valence-electron chi connectivity index (χ1n) is 11.7. The molecule has 178 valence electrons. The lowest BCUT2D eigenvalue weighted by atomic mass is 9.79. The predicted molar refractivity (Wildman–Crippen MR) is 129 cm³/mol. The van der Waals surface area contributed by atoms with Gasteiger partial charge in [-0.25, -0.2) is 0 Å². The minimum atomic E-state index is -0.673. The summed E-state index contributed by atoms with van der Waals surface area (Å²) in [6, 6.07) is 1.50. The van der Waals surface area contributed by atoms with Gasteiger partial charge >= 0.3 is 11.8 Å². The van der Waals surface area contributed by atoms with Gasteiger partial charge in [-0.15, -0.1) is 0 Å². The highest BCUT2D eigenvalue weighted by atomic mass is 16.2. The highest BCUT2D eigenvalue weighted by Gasteiger charge is 2.38. The number of rotatable bonds is 4. The van der Waals surface area contributed by atoms with Crippen molar-refractivity contribution in [1.82, 2.24) is 15.2 Å². The molecule has 2 saturated heterocycles. The fourth-order valence-electron chi connectivity index (χ4n) is 4.47. The number of amides is 3. The van der Waals surface area contributed by atoms with E-state index in [1.54, 1.807) is 11.1 Å². The molecule has 2 aliphatic heterocycles. The average Bonchev–Trinajstić information content (AvgIpc) is 2.75. The highest BCUT2D eigenvalue weighted by Crippen LogP contribution is 2.35. The maximum Gasteiger partial charge on any atom is 0.313 e. The molecule has 0 aliphatic carbocycles. The van der Waals surface area contributed by atoms with Crippen LogP contribution >= 0.6 is 0 Å². The minimum absolute atomic E-state index is 0.0484. The molecule has 2 fully saturated rings. The fraction of sp³-hybridized carbons (Fsp3) is 0.538. The van der Waals surface area contributed by atoms with Crippen LogP contribution in [0.4, 0.5) is 5.69 Å². The van der Waals surface area contributed by atoms with Crippen LogP contribution in [0.5, 0.6) is 0 Å². The Kier molecular flexibility index (Phi) is 7.40. The van der Waals surface area contributed by atoms with E-state index in [2.05, 4.69) is 43.0 Å². The largest absolute Gasteiger partial charge is 0.350 e. The smallest absolute Gasteiger partial charge is 0.313 e. The summed E-state index contributed by atoms with van der Waals surface area (Å²) in [4.78, 5) is 43.7. The number of likely N-dealkylation sites (tertiary alicyclic amines) is 1. The fourth-order valence-corrected chi connectivity index (χ4v) is 4.47. The van der Waals surface area contributed by atoms with Crippen molar-refractivity contribution in [3.63, 3.8) is 0 Å². The van der Waals surface area contributed by atoms with Crippen LogP contribution in [0.2, 0.25) is 0 Å². The molecule has 2 unspecified atom stereocenters. The Morgan fingerprint density at radius 3 is 2.73 bits per heavy atom. The lowest BCUT2D eigenvalue weighted by molar-refractivity contribution is -0.146. The van der Waals surface area contributed by atoms with E-state index in [1.807, 2.05) is 32.1 Å². The molecule has 0 saturated carbocycles. The van der Waals surface area contributed by atoms with E-state index < -0.39 is 11.8 Å². The van der Waals surface area contributed by atoms with Gasteiger partial charge in [0.05, 0.1) is 17.9 Å². The van der Waals surface area contributed by atoms with E-state index in [9.17, 15) is 14.4 Å². The summed E-state index contributed by atoms with van der Waals surface area (Å²) >= 11 is 0. The summed E-state index contributed by atoms with van der Waals surface area (Å²) in [5.41, 5.74) is 3.00. The second kappa shape index (κ2) is 9.89. The monoisotopic (exact) mass is 452 g/mol. The Morgan fingerprint density at radius 2 is 2.03 bits per heavy atom. The predicted octanol–water partition coefficient (Wildman–Crippen LogP) is 3.68. The van der Waals surface area contributed by atoms with Gasteiger partial charge in [-0.2, -0.15) is 0 Å². The summed E-state index contributed by atoms with van der Waals surface area (Å²) in [5, 5.41) is 5.71. The van der Waals surface area contributed by atoms with Gasteiger partial charge in [-0.1, -0.05) is 39.5 Å². The molecule has 0 bridgehead atoms. The summed E-state index contributed by atoms with van der Waals surface area (Å²) in [6.07, 6.45) is 8.49. The Morgan fingerprint density at radius 1 is 1.30 bits per heavy atom. The summed E-state index contributed by atoms with van der Waals surface area (Å²) in [7, 11) is 0. The van der Waals surface area contributed by atoms with E-state index in [0.29, 0.717) is 24.6 Å². The Balaban J connectivity index is 1.74. The van der Waals surface area contributed by atoms with Gasteiger partial charge in [0.15, 0.2) is 0 Å². The molecule has 0 aromatic carbocycles. The number of piperidine rings is 2. The second-order valence-corrected chi connectivity index (χ2v) is 10.3. The lowest BCUT2D eigenvalue weighted by Crippen LogP contribution is -2.53. The number of carbonyl (C=O) groups excluding carboxylic acids is 3. The zero-order valence-corrected chi connectivity index (χ0v) is 20.4. The van der Waals surface area contributed by atoms with Crippen LogP contribution < -0.4 is 10.6 Å². The summed E-state index contributed by atoms with van der Waals surface area (Å²) in [5.74, 6) is -0.846. The first-order chi connectivity index (χ1) is 15.5. The van der Waals surface area contributed by atoms with Gasteiger partial charge in [-0.05, 0) is 61.6 Å². The molecule has 0 spiro atoms. The van der Waals surface area contributed by atoms with E-state index in [0.717, 1.165) is 36.1 Å². The molecule has 3 amide bonds. The van der Waals surface area contributed by atoms with Crippen LogP contribution in [-0.2, 0) is 14.4 Å². The SMILES string of the molecule is C=C(/C=C\C1NC(=O)CCC1C)[C@@H]1CCC(C)(C)CN1C(=O)C(=O)Nc1cnc(C)c(C)c1. The molecule has 1 aromatic rings. The first kappa shape index (κ1) is 24.7. The highest BCUT2D eigenvalue weighted by molar-refractivity contribution is 6.39. The zero-order chi connectivity index (χ0) is 24.3. The van der Waals surface area contributed by atoms with Gasteiger partial charge in [0, 0.05) is 24.7 Å². The third-order valence-electron chi connectivity index (χ3n) is 6.84. The molecule has 7 heteroatoms. The molecule has 3 rings (SSSR count). The van der Waals surface area contributed by atoms with Crippen molar-refractivity contribution in [3.8, 4) is 0 Å². The van der Waals surface area contributed by atoms with E-state index >= 15 is 0 Å². The molecule has 0 radical (unpaired) electrons. The number of hydrogen-bond acceptors (Lipinski definition) is 4. The van der Waals surface area contributed by atoms with E-state index in [1.165, 1.54) is 0 Å². The standard InChI is InChI=1S/C26H36N4O3/c1-16-8-10-23(31)29-21(16)9-7-17(2)22-11-12-26(5,6)15-30(22)25(33)24(32)28-20-13-18(3)19(4)27-14-20/h7,9,13-14,16,21-22H,2,8,10-12,15H2,1,3-6H3,(H,28,32)(H,29,31)/b9-7-/t16?,21?,22-/m0/s1. The molecule has 1 aromatic heterocycles. The Labute approximate surface area is 196 Å². The van der Waals surface area contributed by atoms with Crippen molar-refractivity contribution in [1.29, 1.82) is 0 Å². The quantitative estimate of drug-likeness (QED) is 0.539. The van der Waals surface area contributed by atoms with Gasteiger partial charge < -0.3 is 15.5 Å². The van der Waals surface area contributed by atoms with Crippen LogP contribution in [0.25, 0.3) is 0 Å². The van der Waals surface area contributed by atoms with Crippen LogP contribution in [0.15, 0.2) is 36.6 Å². The van der Waals surface area contributed by atoms with Crippen molar-refractivity contribution < 1.29 is 14.4 Å². The van der Waals surface area contributed by atoms with E-state index in [-0.39, 0.29) is 23.4 Å². The Hall–Kier alpha value is -2.96. The zero-order valence-electron chi connectivity index (χ0n) is 20.4. The number of nitrogens with zero attached hydrogens (tertiary/aromatic N) is 2. The van der Waals surface area contributed by atoms with Crippen molar-refractivity contribution in [3.05, 3.63) is 47.8 Å². The molecule has 2 N–H and O–H groups in total. The van der Waals surface area contributed by atoms with Crippen LogP contribution in [0, 0.1) is 25.2 Å². The number of carbonyl (C=O) groups is 3. The second-order valence-electron chi connectivity index (χ2n) is 10.3. The molecule has 33 heavy (non-hydrogen) atoms. The number of anilines is 1. The lowest BCUT2D eigenvalue weighted by Gasteiger charge is -2.43. The molecular weight excluding hydrogens is 416 g/mol. The third-order valence-corrected chi connectivity index (χ3v) is 6.84. The van der Waals surface area contributed by atoms with Gasteiger partial charge in [0.1, 0.15) is 0 Å². The summed E-state index contributed by atoms with van der Waals surface area (Å²) < 4.78 is 0. The number of hydrogen-bond donors (Lipinski definition) is 2. The molecule has 7 nitrogen and oxygen atoms in total. The average molecular weight is 453 g/mol. The number of pyridine rings is 1. The normalized spacial score (nSPS) is 24.9. The molecule has 3 heterocycles.